The standard InChI is InChI=1S/C17H25NO2/c1-2-3-4-13-20-16-7-5-14(6-8-16)17(19)15-9-11-18-12-10-15/h5-8,15,18H,2-4,9-13H2,1H3. The van der Waals surface area contributed by atoms with Crippen LogP contribution in [0.15, 0.2) is 24.3 Å². The third-order valence-corrected chi connectivity index (χ3v) is 3.87. The first-order chi connectivity index (χ1) is 9.81. The van der Waals surface area contributed by atoms with Crippen LogP contribution >= 0.6 is 0 Å². The Morgan fingerprint density at radius 3 is 2.55 bits per heavy atom. The molecule has 1 heterocycles. The summed E-state index contributed by atoms with van der Waals surface area (Å²) in [5, 5.41) is 3.29. The molecule has 0 radical (unpaired) electrons. The van der Waals surface area contributed by atoms with E-state index in [1.165, 1.54) is 12.8 Å². The zero-order valence-corrected chi connectivity index (χ0v) is 12.4. The third-order valence-electron chi connectivity index (χ3n) is 3.87. The van der Waals surface area contributed by atoms with Crippen LogP contribution in [0.25, 0.3) is 0 Å². The van der Waals surface area contributed by atoms with E-state index in [2.05, 4.69) is 12.2 Å². The lowest BCUT2D eigenvalue weighted by Gasteiger charge is -2.21. The summed E-state index contributed by atoms with van der Waals surface area (Å²) in [6, 6.07) is 7.64. The summed E-state index contributed by atoms with van der Waals surface area (Å²) in [7, 11) is 0. The van der Waals surface area contributed by atoms with Crippen molar-refractivity contribution in [1.29, 1.82) is 0 Å². The molecule has 20 heavy (non-hydrogen) atoms. The molecule has 1 aliphatic heterocycles. The molecule has 0 amide bonds. The van der Waals surface area contributed by atoms with Crippen LogP contribution in [0.1, 0.15) is 49.4 Å². The van der Waals surface area contributed by atoms with Gasteiger partial charge in [0, 0.05) is 11.5 Å². The van der Waals surface area contributed by atoms with Crippen molar-refractivity contribution in [3.8, 4) is 5.75 Å². The summed E-state index contributed by atoms with van der Waals surface area (Å²) >= 11 is 0. The smallest absolute Gasteiger partial charge is 0.166 e. The highest BCUT2D eigenvalue weighted by molar-refractivity contribution is 5.98. The van der Waals surface area contributed by atoms with Gasteiger partial charge in [-0.05, 0) is 56.6 Å². The Labute approximate surface area is 121 Å². The Balaban J connectivity index is 1.85. The lowest BCUT2D eigenvalue weighted by molar-refractivity contribution is 0.0895. The van der Waals surface area contributed by atoms with Crippen LogP contribution in [-0.4, -0.2) is 25.5 Å². The van der Waals surface area contributed by atoms with Crippen molar-refractivity contribution in [3.63, 3.8) is 0 Å². The number of unbranched alkanes of at least 4 members (excludes halogenated alkanes) is 2. The van der Waals surface area contributed by atoms with Gasteiger partial charge in [0.25, 0.3) is 0 Å². The van der Waals surface area contributed by atoms with Crippen molar-refractivity contribution in [1.82, 2.24) is 5.32 Å². The Bertz CT molecular complexity index is 408. The second kappa shape index (κ2) is 8.05. The predicted octanol–water partition coefficient (Wildman–Crippen LogP) is 3.44. The zero-order valence-electron chi connectivity index (χ0n) is 12.4. The lowest BCUT2D eigenvalue weighted by Crippen LogP contribution is -2.31. The van der Waals surface area contributed by atoms with Crippen LogP contribution in [0.4, 0.5) is 0 Å². The maximum Gasteiger partial charge on any atom is 0.166 e. The number of benzene rings is 1. The topological polar surface area (TPSA) is 38.3 Å². The summed E-state index contributed by atoms with van der Waals surface area (Å²) in [5.74, 6) is 1.33. The van der Waals surface area contributed by atoms with E-state index in [0.29, 0.717) is 0 Å². The second-order valence-corrected chi connectivity index (χ2v) is 5.47. The van der Waals surface area contributed by atoms with Gasteiger partial charge >= 0.3 is 0 Å². The van der Waals surface area contributed by atoms with Gasteiger partial charge < -0.3 is 10.1 Å². The molecule has 0 atom stereocenters. The van der Waals surface area contributed by atoms with E-state index in [0.717, 1.165) is 50.3 Å². The van der Waals surface area contributed by atoms with E-state index in [4.69, 9.17) is 4.74 Å². The summed E-state index contributed by atoms with van der Waals surface area (Å²) in [6.45, 7) is 4.85. The molecule has 3 heteroatoms. The Hall–Kier alpha value is -1.35. The van der Waals surface area contributed by atoms with Gasteiger partial charge in [0.05, 0.1) is 6.61 Å². The minimum absolute atomic E-state index is 0.188. The maximum atomic E-state index is 12.3. The largest absolute Gasteiger partial charge is 0.494 e. The highest BCUT2D eigenvalue weighted by Crippen LogP contribution is 2.20. The first-order valence-electron chi connectivity index (χ1n) is 7.79. The number of carbonyl (C=O) groups excluding carboxylic acids is 1. The molecule has 1 aromatic rings. The molecule has 110 valence electrons. The quantitative estimate of drug-likeness (QED) is 0.612. The molecular weight excluding hydrogens is 250 g/mol. The first kappa shape index (κ1) is 15.0. The number of hydrogen-bond donors (Lipinski definition) is 1. The van der Waals surface area contributed by atoms with Gasteiger partial charge in [0.1, 0.15) is 5.75 Å². The molecule has 1 N–H and O–H groups in total. The normalized spacial score (nSPS) is 16.1. The predicted molar refractivity (Wildman–Crippen MR) is 81.4 cm³/mol. The molecule has 0 aromatic heterocycles. The van der Waals surface area contributed by atoms with Crippen LogP contribution in [0.2, 0.25) is 0 Å². The van der Waals surface area contributed by atoms with Gasteiger partial charge in [-0.25, -0.2) is 0 Å². The SMILES string of the molecule is CCCCCOc1ccc(C(=O)C2CCNCC2)cc1. The number of nitrogens with one attached hydrogen (secondary N) is 1. The molecule has 3 nitrogen and oxygen atoms in total. The Morgan fingerprint density at radius 1 is 1.20 bits per heavy atom. The molecule has 0 unspecified atom stereocenters. The van der Waals surface area contributed by atoms with Crippen LogP contribution in [0.5, 0.6) is 5.75 Å². The van der Waals surface area contributed by atoms with Gasteiger partial charge in [-0.15, -0.1) is 0 Å². The van der Waals surface area contributed by atoms with Crippen molar-refractivity contribution < 1.29 is 9.53 Å². The highest BCUT2D eigenvalue weighted by atomic mass is 16.5. The minimum Gasteiger partial charge on any atom is -0.494 e. The van der Waals surface area contributed by atoms with Crippen LogP contribution < -0.4 is 10.1 Å². The molecule has 1 fully saturated rings. The maximum absolute atomic E-state index is 12.3. The lowest BCUT2D eigenvalue weighted by atomic mass is 9.90. The number of ketones is 1. The molecule has 0 bridgehead atoms. The molecule has 2 rings (SSSR count). The number of Topliss-reactive ketones (excluding diaryl/α,β-unsaturated/α-hetero) is 1. The molecular formula is C17H25NO2. The van der Waals surface area contributed by atoms with Gasteiger partial charge in [-0.1, -0.05) is 19.8 Å². The van der Waals surface area contributed by atoms with Gasteiger partial charge in [-0.2, -0.15) is 0 Å². The van der Waals surface area contributed by atoms with Crippen molar-refractivity contribution in [2.24, 2.45) is 5.92 Å². The molecule has 0 spiro atoms. The van der Waals surface area contributed by atoms with E-state index in [1.807, 2.05) is 24.3 Å². The summed E-state index contributed by atoms with van der Waals surface area (Å²) in [4.78, 5) is 12.3. The highest BCUT2D eigenvalue weighted by Gasteiger charge is 2.21. The van der Waals surface area contributed by atoms with E-state index >= 15 is 0 Å². The fraction of sp³-hybridized carbons (Fsp3) is 0.588. The third kappa shape index (κ3) is 4.34. The van der Waals surface area contributed by atoms with E-state index in [-0.39, 0.29) is 11.7 Å². The first-order valence-corrected chi connectivity index (χ1v) is 7.79. The number of ether oxygens (including phenoxy) is 1. The molecule has 1 aliphatic rings. The van der Waals surface area contributed by atoms with Crippen LogP contribution in [0.3, 0.4) is 0 Å². The van der Waals surface area contributed by atoms with Gasteiger partial charge in [0.15, 0.2) is 5.78 Å². The number of piperidine rings is 1. The zero-order chi connectivity index (χ0) is 14.2. The van der Waals surface area contributed by atoms with Crippen molar-refractivity contribution >= 4 is 5.78 Å². The number of rotatable bonds is 7. The monoisotopic (exact) mass is 275 g/mol. The van der Waals surface area contributed by atoms with E-state index in [1.54, 1.807) is 0 Å². The average Bonchev–Trinajstić information content (AvgIpc) is 2.52. The number of hydrogen-bond acceptors (Lipinski definition) is 3. The van der Waals surface area contributed by atoms with Crippen LogP contribution in [-0.2, 0) is 0 Å². The van der Waals surface area contributed by atoms with E-state index < -0.39 is 0 Å². The molecule has 0 saturated carbocycles. The Kier molecular flexibility index (Phi) is 6.06. The van der Waals surface area contributed by atoms with Crippen LogP contribution in [0, 0.1) is 5.92 Å². The van der Waals surface area contributed by atoms with E-state index in [9.17, 15) is 4.79 Å². The molecule has 0 aliphatic carbocycles. The second-order valence-electron chi connectivity index (χ2n) is 5.47. The fourth-order valence-electron chi connectivity index (χ4n) is 2.58. The van der Waals surface area contributed by atoms with Gasteiger partial charge in [0.2, 0.25) is 0 Å². The summed E-state index contributed by atoms with van der Waals surface area (Å²) in [5.41, 5.74) is 0.817. The average molecular weight is 275 g/mol. The van der Waals surface area contributed by atoms with Crippen molar-refractivity contribution in [3.05, 3.63) is 29.8 Å². The molecule has 1 saturated heterocycles. The summed E-state index contributed by atoms with van der Waals surface area (Å²) in [6.07, 6.45) is 5.40. The molecule has 1 aromatic carbocycles. The van der Waals surface area contributed by atoms with Crippen molar-refractivity contribution in [2.45, 2.75) is 39.0 Å². The number of carbonyl (C=O) groups is 1. The Morgan fingerprint density at radius 2 is 1.90 bits per heavy atom. The fourth-order valence-corrected chi connectivity index (χ4v) is 2.58. The van der Waals surface area contributed by atoms with Gasteiger partial charge in [-0.3, -0.25) is 4.79 Å². The van der Waals surface area contributed by atoms with Crippen molar-refractivity contribution in [2.75, 3.05) is 19.7 Å². The minimum atomic E-state index is 0.188. The summed E-state index contributed by atoms with van der Waals surface area (Å²) < 4.78 is 5.67.